The van der Waals surface area contributed by atoms with Gasteiger partial charge in [-0.15, -0.1) is 0 Å². The molecular weight excluding hydrogens is 368 g/mol. The summed E-state index contributed by atoms with van der Waals surface area (Å²) in [4.78, 5) is 24.9. The first kappa shape index (κ1) is 20.5. The molecule has 2 aromatic carbocycles. The molecule has 2 N–H and O–H groups in total. The lowest BCUT2D eigenvalue weighted by Crippen LogP contribution is -2.46. The largest absolute Gasteiger partial charge is 0.489 e. The van der Waals surface area contributed by atoms with Gasteiger partial charge in [0.05, 0.1) is 18.2 Å². The van der Waals surface area contributed by atoms with Gasteiger partial charge in [0, 0.05) is 5.70 Å². The third-order valence-corrected chi connectivity index (χ3v) is 4.59. The molecule has 6 heteroatoms. The van der Waals surface area contributed by atoms with Crippen molar-refractivity contribution >= 4 is 12.0 Å². The third kappa shape index (κ3) is 5.16. The summed E-state index contributed by atoms with van der Waals surface area (Å²) in [6.45, 7) is 4.46. The minimum absolute atomic E-state index is 0.266. The Labute approximate surface area is 170 Å². The summed E-state index contributed by atoms with van der Waals surface area (Å²) >= 11 is 0. The number of urea groups is 1. The minimum atomic E-state index is -0.593. The Balaban J connectivity index is 1.89. The number of carbonyl (C=O) groups excluding carboxylic acids is 2. The predicted molar refractivity (Wildman–Crippen MR) is 110 cm³/mol. The van der Waals surface area contributed by atoms with Crippen LogP contribution in [0.15, 0.2) is 65.9 Å². The van der Waals surface area contributed by atoms with Crippen LogP contribution in [-0.4, -0.2) is 18.6 Å². The molecule has 1 aliphatic rings. The molecule has 2 amide bonds. The van der Waals surface area contributed by atoms with E-state index in [1.54, 1.807) is 6.92 Å². The van der Waals surface area contributed by atoms with Gasteiger partial charge in [-0.2, -0.15) is 0 Å². The summed E-state index contributed by atoms with van der Waals surface area (Å²) in [5, 5.41) is 5.61. The van der Waals surface area contributed by atoms with E-state index in [4.69, 9.17) is 9.47 Å². The van der Waals surface area contributed by atoms with Crippen molar-refractivity contribution in [3.8, 4) is 5.75 Å². The number of ether oxygens (including phenoxy) is 2. The van der Waals surface area contributed by atoms with Crippen molar-refractivity contribution in [3.63, 3.8) is 0 Å². The van der Waals surface area contributed by atoms with Crippen LogP contribution in [0, 0.1) is 0 Å². The van der Waals surface area contributed by atoms with E-state index in [2.05, 4.69) is 10.6 Å². The first-order valence-electron chi connectivity index (χ1n) is 9.86. The van der Waals surface area contributed by atoms with E-state index in [0.717, 1.165) is 17.5 Å². The zero-order valence-electron chi connectivity index (χ0n) is 16.7. The molecule has 0 bridgehead atoms. The van der Waals surface area contributed by atoms with E-state index in [-0.39, 0.29) is 12.6 Å². The van der Waals surface area contributed by atoms with Crippen molar-refractivity contribution in [1.29, 1.82) is 0 Å². The summed E-state index contributed by atoms with van der Waals surface area (Å²) in [7, 11) is 0. The maximum atomic E-state index is 12.7. The summed E-state index contributed by atoms with van der Waals surface area (Å²) in [5.41, 5.74) is 2.87. The number of esters is 1. The van der Waals surface area contributed by atoms with Crippen LogP contribution in [0.4, 0.5) is 4.79 Å². The molecule has 0 saturated heterocycles. The second-order valence-electron chi connectivity index (χ2n) is 6.74. The summed E-state index contributed by atoms with van der Waals surface area (Å²) in [6.07, 6.45) is 1.38. The fourth-order valence-corrected chi connectivity index (χ4v) is 3.29. The van der Waals surface area contributed by atoms with Crippen molar-refractivity contribution in [2.24, 2.45) is 0 Å². The second-order valence-corrected chi connectivity index (χ2v) is 6.74. The monoisotopic (exact) mass is 394 g/mol. The van der Waals surface area contributed by atoms with Gasteiger partial charge in [-0.1, -0.05) is 55.8 Å². The van der Waals surface area contributed by atoms with E-state index in [1.165, 1.54) is 0 Å². The van der Waals surface area contributed by atoms with Gasteiger partial charge in [-0.05, 0) is 36.6 Å². The lowest BCUT2D eigenvalue weighted by Gasteiger charge is -2.29. The number of benzene rings is 2. The molecule has 2 aromatic rings. The zero-order valence-corrected chi connectivity index (χ0v) is 16.7. The number of hydrogen-bond acceptors (Lipinski definition) is 4. The van der Waals surface area contributed by atoms with E-state index in [9.17, 15) is 9.59 Å². The summed E-state index contributed by atoms with van der Waals surface area (Å²) in [5.74, 6) is 0.239. The number of hydrogen-bond donors (Lipinski definition) is 2. The van der Waals surface area contributed by atoms with Crippen LogP contribution < -0.4 is 15.4 Å². The van der Waals surface area contributed by atoms with Gasteiger partial charge in [-0.25, -0.2) is 9.59 Å². The highest BCUT2D eigenvalue weighted by Crippen LogP contribution is 2.31. The molecule has 3 rings (SSSR count). The van der Waals surface area contributed by atoms with Gasteiger partial charge >= 0.3 is 12.0 Å². The Morgan fingerprint density at radius 2 is 1.86 bits per heavy atom. The SMILES string of the molecule is CCCC1=C(C(=O)OCC)C(c2cccc(OCc3ccccc3)c2)NC(=O)N1. The van der Waals surface area contributed by atoms with E-state index >= 15 is 0 Å². The van der Waals surface area contributed by atoms with Crippen LogP contribution >= 0.6 is 0 Å². The lowest BCUT2D eigenvalue weighted by molar-refractivity contribution is -0.139. The fraction of sp³-hybridized carbons (Fsp3) is 0.304. The molecule has 152 valence electrons. The van der Waals surface area contributed by atoms with Crippen molar-refractivity contribution in [1.82, 2.24) is 10.6 Å². The van der Waals surface area contributed by atoms with Gasteiger partial charge in [-0.3, -0.25) is 0 Å². The molecule has 0 radical (unpaired) electrons. The van der Waals surface area contributed by atoms with Crippen LogP contribution in [0.3, 0.4) is 0 Å². The standard InChI is InChI=1S/C23H26N2O4/c1-3-9-19-20(22(26)28-4-2)21(25-23(27)24-19)17-12-8-13-18(14-17)29-15-16-10-6-5-7-11-16/h5-8,10-14,21H,3-4,9,15H2,1-2H3,(H2,24,25,27). The quantitative estimate of drug-likeness (QED) is 0.657. The number of allylic oxidation sites excluding steroid dienone is 1. The number of rotatable bonds is 8. The Hall–Kier alpha value is -3.28. The first-order chi connectivity index (χ1) is 14.1. The van der Waals surface area contributed by atoms with Crippen LogP contribution in [-0.2, 0) is 16.1 Å². The minimum Gasteiger partial charge on any atom is -0.489 e. The van der Waals surface area contributed by atoms with Gasteiger partial charge in [0.25, 0.3) is 0 Å². The number of amides is 2. The number of carbonyl (C=O) groups is 2. The maximum Gasteiger partial charge on any atom is 0.338 e. The molecule has 0 spiro atoms. The van der Waals surface area contributed by atoms with Crippen LogP contribution in [0.5, 0.6) is 5.75 Å². The molecule has 1 atom stereocenters. The Bertz CT molecular complexity index is 893. The van der Waals surface area contributed by atoms with E-state index in [1.807, 2.05) is 61.5 Å². The average Bonchev–Trinajstić information content (AvgIpc) is 2.73. The second kappa shape index (κ2) is 9.78. The highest BCUT2D eigenvalue weighted by molar-refractivity contribution is 5.95. The molecule has 0 aliphatic carbocycles. The van der Waals surface area contributed by atoms with Crippen LogP contribution in [0.25, 0.3) is 0 Å². The molecule has 0 saturated carbocycles. The third-order valence-electron chi connectivity index (χ3n) is 4.59. The van der Waals surface area contributed by atoms with E-state index < -0.39 is 12.0 Å². The lowest BCUT2D eigenvalue weighted by atomic mass is 9.93. The van der Waals surface area contributed by atoms with Crippen molar-refractivity contribution in [2.45, 2.75) is 39.3 Å². The van der Waals surface area contributed by atoms with Gasteiger partial charge in [0.2, 0.25) is 0 Å². The molecule has 1 aliphatic heterocycles. The van der Waals surface area contributed by atoms with Gasteiger partial charge in [0.1, 0.15) is 12.4 Å². The average molecular weight is 394 g/mol. The van der Waals surface area contributed by atoms with Crippen molar-refractivity contribution in [3.05, 3.63) is 77.0 Å². The zero-order chi connectivity index (χ0) is 20.6. The highest BCUT2D eigenvalue weighted by atomic mass is 16.5. The summed E-state index contributed by atoms with van der Waals surface area (Å²) < 4.78 is 11.2. The molecule has 0 aromatic heterocycles. The molecule has 29 heavy (non-hydrogen) atoms. The Kier molecular flexibility index (Phi) is 6.89. The first-order valence-corrected chi connectivity index (χ1v) is 9.86. The smallest absolute Gasteiger partial charge is 0.338 e. The van der Waals surface area contributed by atoms with Gasteiger partial charge < -0.3 is 20.1 Å². The topological polar surface area (TPSA) is 76.7 Å². The molecule has 6 nitrogen and oxygen atoms in total. The Morgan fingerprint density at radius 1 is 1.07 bits per heavy atom. The molecule has 0 fully saturated rings. The van der Waals surface area contributed by atoms with Crippen molar-refractivity contribution < 1.29 is 19.1 Å². The normalized spacial score (nSPS) is 16.1. The van der Waals surface area contributed by atoms with E-state index in [0.29, 0.717) is 30.0 Å². The molecule has 1 unspecified atom stereocenters. The van der Waals surface area contributed by atoms with Crippen LogP contribution in [0.1, 0.15) is 43.9 Å². The molecule has 1 heterocycles. The maximum absolute atomic E-state index is 12.7. The van der Waals surface area contributed by atoms with Gasteiger partial charge in [0.15, 0.2) is 0 Å². The van der Waals surface area contributed by atoms with Crippen molar-refractivity contribution in [2.75, 3.05) is 6.61 Å². The highest BCUT2D eigenvalue weighted by Gasteiger charge is 2.33. The van der Waals surface area contributed by atoms with Crippen LogP contribution in [0.2, 0.25) is 0 Å². The predicted octanol–water partition coefficient (Wildman–Crippen LogP) is 4.24. The summed E-state index contributed by atoms with van der Waals surface area (Å²) in [6, 6.07) is 16.4. The fourth-order valence-electron chi connectivity index (χ4n) is 3.29. The number of nitrogens with one attached hydrogen (secondary N) is 2. The molecular formula is C23H26N2O4. The Morgan fingerprint density at radius 3 is 2.59 bits per heavy atom.